The minimum absolute atomic E-state index is 0.183. The van der Waals surface area contributed by atoms with E-state index >= 15 is 0 Å². The van der Waals surface area contributed by atoms with Gasteiger partial charge < -0.3 is 10.1 Å². The van der Waals surface area contributed by atoms with Gasteiger partial charge in [-0.15, -0.1) is 0 Å². The lowest BCUT2D eigenvalue weighted by molar-refractivity contribution is -0.122. The van der Waals surface area contributed by atoms with Crippen LogP contribution in [0.5, 0.6) is 5.75 Å². The Labute approximate surface area is 118 Å². The van der Waals surface area contributed by atoms with Crippen molar-refractivity contribution in [2.24, 2.45) is 5.92 Å². The Kier molecular flexibility index (Phi) is 4.29. The minimum Gasteiger partial charge on any atom is -0.492 e. The first-order valence-electron chi connectivity index (χ1n) is 6.39. The number of carbonyl (C=O) groups excluding carboxylic acids is 1. The summed E-state index contributed by atoms with van der Waals surface area (Å²) in [6, 6.07) is 7.18. The minimum atomic E-state index is -3.19. The van der Waals surface area contributed by atoms with Gasteiger partial charge in [0.2, 0.25) is 15.9 Å². The molecular weight excluding hydrogens is 280 g/mol. The van der Waals surface area contributed by atoms with Crippen molar-refractivity contribution in [1.29, 1.82) is 0 Å². The number of hydrogen-bond donors (Lipinski definition) is 1. The number of anilines is 1. The summed E-state index contributed by atoms with van der Waals surface area (Å²) < 4.78 is 29.2. The summed E-state index contributed by atoms with van der Waals surface area (Å²) >= 11 is 0. The third-order valence-corrected chi connectivity index (χ3v) is 4.37. The number of rotatable bonds is 5. The molecule has 1 aliphatic rings. The Morgan fingerprint density at radius 2 is 2.05 bits per heavy atom. The molecule has 1 fully saturated rings. The second-order valence-electron chi connectivity index (χ2n) is 4.70. The highest BCUT2D eigenvalue weighted by Gasteiger charge is 2.37. The number of sulfonamides is 1. The van der Waals surface area contributed by atoms with Gasteiger partial charge in [0.25, 0.3) is 0 Å². The van der Waals surface area contributed by atoms with Crippen LogP contribution in [0.15, 0.2) is 24.3 Å². The van der Waals surface area contributed by atoms with Crippen LogP contribution in [-0.2, 0) is 14.8 Å². The number of nitrogens with one attached hydrogen (secondary N) is 1. The molecule has 1 saturated heterocycles. The van der Waals surface area contributed by atoms with E-state index in [1.54, 1.807) is 12.1 Å². The quantitative estimate of drug-likeness (QED) is 0.877. The molecule has 2 rings (SSSR count). The topological polar surface area (TPSA) is 75.7 Å². The fraction of sp³-hybridized carbons (Fsp3) is 0.462. The number of benzene rings is 1. The second-order valence-corrected chi connectivity index (χ2v) is 6.68. The first-order chi connectivity index (χ1) is 9.41. The first kappa shape index (κ1) is 14.8. The van der Waals surface area contributed by atoms with Crippen LogP contribution in [0.4, 0.5) is 5.69 Å². The van der Waals surface area contributed by atoms with Crippen LogP contribution in [0.25, 0.3) is 0 Å². The van der Waals surface area contributed by atoms with Gasteiger partial charge in [-0.1, -0.05) is 12.1 Å². The van der Waals surface area contributed by atoms with E-state index in [0.717, 1.165) is 6.26 Å². The molecule has 1 amide bonds. The number of nitrogens with zero attached hydrogens (tertiary/aromatic N) is 1. The van der Waals surface area contributed by atoms with Gasteiger partial charge in [-0.2, -0.15) is 0 Å². The Morgan fingerprint density at radius 3 is 2.65 bits per heavy atom. The lowest BCUT2D eigenvalue weighted by Crippen LogP contribution is -2.53. The summed E-state index contributed by atoms with van der Waals surface area (Å²) in [7, 11) is -3.19. The number of amides is 1. The summed E-state index contributed by atoms with van der Waals surface area (Å²) in [4.78, 5) is 12.0. The van der Waals surface area contributed by atoms with Crippen molar-refractivity contribution in [1.82, 2.24) is 4.31 Å². The average Bonchev–Trinajstić information content (AvgIpc) is 2.28. The highest BCUT2D eigenvalue weighted by molar-refractivity contribution is 7.88. The summed E-state index contributed by atoms with van der Waals surface area (Å²) in [5.41, 5.74) is 0.608. The molecule has 0 aliphatic carbocycles. The molecule has 1 N–H and O–H groups in total. The zero-order valence-corrected chi connectivity index (χ0v) is 12.3. The third-order valence-electron chi connectivity index (χ3n) is 3.13. The van der Waals surface area contributed by atoms with Crippen molar-refractivity contribution < 1.29 is 17.9 Å². The zero-order valence-electron chi connectivity index (χ0n) is 11.5. The summed E-state index contributed by atoms with van der Waals surface area (Å²) in [6.07, 6.45) is 1.14. The van der Waals surface area contributed by atoms with Crippen LogP contribution in [0.1, 0.15) is 6.92 Å². The van der Waals surface area contributed by atoms with Crippen LogP contribution < -0.4 is 10.1 Å². The first-order valence-corrected chi connectivity index (χ1v) is 8.24. The smallest absolute Gasteiger partial charge is 0.230 e. The normalized spacial score (nSPS) is 16.5. The second kappa shape index (κ2) is 5.80. The summed E-state index contributed by atoms with van der Waals surface area (Å²) in [5.74, 6) is 0.124. The molecule has 0 bridgehead atoms. The number of carbonyl (C=O) groups is 1. The lowest BCUT2D eigenvalue weighted by atomic mass is 10.0. The molecule has 7 heteroatoms. The van der Waals surface area contributed by atoms with E-state index < -0.39 is 10.0 Å². The monoisotopic (exact) mass is 298 g/mol. The van der Waals surface area contributed by atoms with Crippen LogP contribution >= 0.6 is 0 Å². The van der Waals surface area contributed by atoms with Gasteiger partial charge in [-0.05, 0) is 19.1 Å². The van der Waals surface area contributed by atoms with E-state index in [-0.39, 0.29) is 24.9 Å². The molecule has 0 saturated carbocycles. The van der Waals surface area contributed by atoms with E-state index in [0.29, 0.717) is 18.0 Å². The van der Waals surface area contributed by atoms with E-state index in [2.05, 4.69) is 5.32 Å². The zero-order chi connectivity index (χ0) is 14.8. The van der Waals surface area contributed by atoms with E-state index in [9.17, 15) is 13.2 Å². The predicted molar refractivity (Wildman–Crippen MR) is 76.1 cm³/mol. The number of para-hydroxylation sites is 2. The Bertz CT molecular complexity index is 594. The molecule has 110 valence electrons. The van der Waals surface area contributed by atoms with Crippen LogP contribution in [-0.4, -0.2) is 44.6 Å². The Balaban J connectivity index is 1.97. The molecule has 1 aliphatic heterocycles. The van der Waals surface area contributed by atoms with Gasteiger partial charge >= 0.3 is 0 Å². The maximum atomic E-state index is 12.0. The van der Waals surface area contributed by atoms with Gasteiger partial charge in [-0.25, -0.2) is 12.7 Å². The molecule has 0 radical (unpaired) electrons. The van der Waals surface area contributed by atoms with Crippen LogP contribution in [0, 0.1) is 5.92 Å². The molecule has 1 aromatic rings. The van der Waals surface area contributed by atoms with E-state index in [4.69, 9.17) is 4.74 Å². The van der Waals surface area contributed by atoms with Gasteiger partial charge in [0.05, 0.1) is 24.5 Å². The van der Waals surface area contributed by atoms with Gasteiger partial charge in [0, 0.05) is 13.1 Å². The van der Waals surface area contributed by atoms with Crippen molar-refractivity contribution in [3.05, 3.63) is 24.3 Å². The molecular formula is C13H18N2O4S. The highest BCUT2D eigenvalue weighted by atomic mass is 32.2. The summed E-state index contributed by atoms with van der Waals surface area (Å²) in [6.45, 7) is 2.86. The van der Waals surface area contributed by atoms with E-state index in [1.165, 1.54) is 4.31 Å². The lowest BCUT2D eigenvalue weighted by Gasteiger charge is -2.36. The Hall–Kier alpha value is -1.60. The fourth-order valence-corrected chi connectivity index (χ4v) is 2.86. The molecule has 0 atom stereocenters. The largest absolute Gasteiger partial charge is 0.492 e. The maximum Gasteiger partial charge on any atom is 0.230 e. The Morgan fingerprint density at radius 1 is 1.40 bits per heavy atom. The molecule has 0 unspecified atom stereocenters. The number of ether oxygens (including phenoxy) is 1. The van der Waals surface area contributed by atoms with Gasteiger partial charge in [0.15, 0.2) is 0 Å². The van der Waals surface area contributed by atoms with E-state index in [1.807, 2.05) is 19.1 Å². The number of hydrogen-bond acceptors (Lipinski definition) is 4. The molecule has 1 aromatic carbocycles. The maximum absolute atomic E-state index is 12.0. The van der Waals surface area contributed by atoms with Crippen LogP contribution in [0.3, 0.4) is 0 Å². The molecule has 6 nitrogen and oxygen atoms in total. The molecule has 1 heterocycles. The van der Waals surface area contributed by atoms with Crippen molar-refractivity contribution in [2.45, 2.75) is 6.92 Å². The van der Waals surface area contributed by atoms with Crippen molar-refractivity contribution in [3.8, 4) is 5.75 Å². The SMILES string of the molecule is CCOc1ccccc1NC(=O)C1CN(S(C)(=O)=O)C1. The fourth-order valence-electron chi connectivity index (χ4n) is 1.96. The molecule has 0 aromatic heterocycles. The molecule has 20 heavy (non-hydrogen) atoms. The predicted octanol–water partition coefficient (Wildman–Crippen LogP) is 0.915. The van der Waals surface area contributed by atoms with Crippen molar-refractivity contribution in [2.75, 3.05) is 31.3 Å². The van der Waals surface area contributed by atoms with Crippen molar-refractivity contribution >= 4 is 21.6 Å². The average molecular weight is 298 g/mol. The van der Waals surface area contributed by atoms with Gasteiger partial charge in [-0.3, -0.25) is 4.79 Å². The van der Waals surface area contributed by atoms with Crippen LogP contribution in [0.2, 0.25) is 0 Å². The third kappa shape index (κ3) is 3.29. The standard InChI is InChI=1S/C13H18N2O4S/c1-3-19-12-7-5-4-6-11(12)14-13(16)10-8-15(9-10)20(2,17)18/h4-7,10H,3,8-9H2,1-2H3,(H,14,16). The highest BCUT2D eigenvalue weighted by Crippen LogP contribution is 2.26. The molecule has 0 spiro atoms. The van der Waals surface area contributed by atoms with Crippen molar-refractivity contribution in [3.63, 3.8) is 0 Å². The van der Waals surface area contributed by atoms with Gasteiger partial charge in [0.1, 0.15) is 5.75 Å². The summed E-state index contributed by atoms with van der Waals surface area (Å²) in [5, 5.41) is 2.78.